The van der Waals surface area contributed by atoms with Crippen molar-refractivity contribution < 1.29 is 19.4 Å². The Morgan fingerprint density at radius 3 is 2.61 bits per heavy atom. The molecular weight excluding hydrogens is 420 g/mol. The first-order valence-electron chi connectivity index (χ1n) is 11.4. The highest BCUT2D eigenvalue weighted by Gasteiger charge is 2.39. The molecule has 5 N–H and O–H groups in total. The predicted molar refractivity (Wildman–Crippen MR) is 125 cm³/mol. The molecule has 4 rings (SSSR count). The third kappa shape index (κ3) is 4.72. The Kier molecular flexibility index (Phi) is 6.41. The minimum Gasteiger partial charge on any atom is -0.391 e. The van der Waals surface area contributed by atoms with Gasteiger partial charge in [-0.15, -0.1) is 0 Å². The number of nitrogens with zero attached hydrogens (tertiary/aromatic N) is 1. The highest BCUT2D eigenvalue weighted by Crippen LogP contribution is 2.41. The van der Waals surface area contributed by atoms with Crippen LogP contribution in [0.15, 0.2) is 30.3 Å². The first-order valence-corrected chi connectivity index (χ1v) is 11.4. The minimum atomic E-state index is -0.715. The molecule has 0 saturated carbocycles. The summed E-state index contributed by atoms with van der Waals surface area (Å²) in [5.74, 6) is -0.545. The van der Waals surface area contributed by atoms with E-state index in [9.17, 15) is 14.7 Å². The summed E-state index contributed by atoms with van der Waals surface area (Å²) in [6, 6.07) is 8.67. The number of nitrogens with one attached hydrogen (secondary N) is 2. The molecule has 3 amide bonds. The average Bonchev–Trinajstić information content (AvgIpc) is 2.77. The number of amides is 3. The summed E-state index contributed by atoms with van der Waals surface area (Å²) in [4.78, 5) is 29.5. The number of benzene rings is 1. The number of fused-ring (bicyclic) bond motifs is 1. The monoisotopic (exact) mass is 452 g/mol. The van der Waals surface area contributed by atoms with Crippen LogP contribution in [0.5, 0.6) is 0 Å². The Morgan fingerprint density at radius 2 is 1.91 bits per heavy atom. The number of ether oxygens (including phenoxy) is 1. The summed E-state index contributed by atoms with van der Waals surface area (Å²) in [6.45, 7) is 7.13. The summed E-state index contributed by atoms with van der Waals surface area (Å²) in [7, 11) is 0. The van der Waals surface area contributed by atoms with Crippen LogP contribution in [0, 0.1) is 6.92 Å². The fourth-order valence-corrected chi connectivity index (χ4v) is 5.08. The Hall–Kier alpha value is -2.97. The summed E-state index contributed by atoms with van der Waals surface area (Å²) in [5.41, 5.74) is 9.35. The number of carbonyl (C=O) groups excluding carboxylic acids is 2. The van der Waals surface area contributed by atoms with E-state index in [-0.39, 0.29) is 17.0 Å². The van der Waals surface area contributed by atoms with E-state index in [2.05, 4.69) is 29.5 Å². The average molecular weight is 453 g/mol. The van der Waals surface area contributed by atoms with Crippen molar-refractivity contribution in [3.05, 3.63) is 58.4 Å². The maximum Gasteiger partial charge on any atom is 0.319 e. The number of pyridine rings is 1. The maximum absolute atomic E-state index is 13.1. The highest BCUT2D eigenvalue weighted by atomic mass is 16.5. The molecule has 1 unspecified atom stereocenters. The molecule has 33 heavy (non-hydrogen) atoms. The van der Waals surface area contributed by atoms with Crippen LogP contribution in [0.3, 0.4) is 0 Å². The lowest BCUT2D eigenvalue weighted by molar-refractivity contribution is 0.0844. The topological polar surface area (TPSA) is 127 Å². The van der Waals surface area contributed by atoms with Crippen molar-refractivity contribution in [3.63, 3.8) is 0 Å². The molecule has 2 aromatic rings. The van der Waals surface area contributed by atoms with E-state index in [0.29, 0.717) is 36.6 Å². The second-order valence-corrected chi connectivity index (χ2v) is 9.66. The van der Waals surface area contributed by atoms with Gasteiger partial charge in [0.2, 0.25) is 0 Å². The molecule has 1 saturated heterocycles. The Balaban J connectivity index is 1.61. The van der Waals surface area contributed by atoms with E-state index in [0.717, 1.165) is 24.0 Å². The van der Waals surface area contributed by atoms with Gasteiger partial charge in [-0.05, 0) is 54.4 Å². The second kappa shape index (κ2) is 9.11. The molecule has 1 fully saturated rings. The highest BCUT2D eigenvalue weighted by molar-refractivity contribution is 5.94. The van der Waals surface area contributed by atoms with Crippen molar-refractivity contribution in [3.8, 4) is 0 Å². The molecule has 1 aromatic carbocycles. The number of aryl methyl sites for hydroxylation is 1. The van der Waals surface area contributed by atoms with Crippen LogP contribution >= 0.6 is 0 Å². The fourth-order valence-electron chi connectivity index (χ4n) is 5.08. The zero-order chi connectivity index (χ0) is 23.8. The number of rotatable bonds is 4. The Labute approximate surface area is 193 Å². The summed E-state index contributed by atoms with van der Waals surface area (Å²) in [6.07, 6.45) is 1.31. The predicted octanol–water partition coefficient (Wildman–Crippen LogP) is 3.29. The van der Waals surface area contributed by atoms with Gasteiger partial charge in [-0.2, -0.15) is 0 Å². The van der Waals surface area contributed by atoms with Crippen molar-refractivity contribution in [2.75, 3.05) is 18.5 Å². The zero-order valence-electron chi connectivity index (χ0n) is 19.4. The number of aliphatic hydroxyl groups is 1. The van der Waals surface area contributed by atoms with Crippen molar-refractivity contribution >= 4 is 17.6 Å². The van der Waals surface area contributed by atoms with Crippen LogP contribution < -0.4 is 16.4 Å². The molecule has 2 heterocycles. The van der Waals surface area contributed by atoms with E-state index in [1.807, 2.05) is 24.3 Å². The molecule has 1 aromatic heterocycles. The Morgan fingerprint density at radius 1 is 1.21 bits per heavy atom. The van der Waals surface area contributed by atoms with Gasteiger partial charge < -0.3 is 26.2 Å². The molecule has 0 bridgehead atoms. The van der Waals surface area contributed by atoms with E-state index in [1.165, 1.54) is 0 Å². The standard InChI is InChI=1S/C25H32N4O4/c1-14-12-18(21(28-20(14)23(26)31)15-8-10-33-11-9-15)27-24(32)29-22-16-6-4-5-7-17(16)25(2,3)13-19(22)30/h4-7,12,15,19,22,30H,8-11,13H2,1-3H3,(H2,26,31)(H2,27,29,32)/t19-,22?/m1/s1. The summed E-state index contributed by atoms with van der Waals surface area (Å²) in [5, 5.41) is 16.7. The largest absolute Gasteiger partial charge is 0.391 e. The molecule has 2 aliphatic rings. The van der Waals surface area contributed by atoms with Crippen LogP contribution in [-0.2, 0) is 10.2 Å². The molecule has 0 spiro atoms. The number of hydrogen-bond donors (Lipinski definition) is 4. The van der Waals surface area contributed by atoms with Gasteiger partial charge >= 0.3 is 6.03 Å². The van der Waals surface area contributed by atoms with Gasteiger partial charge in [0.1, 0.15) is 5.69 Å². The van der Waals surface area contributed by atoms with Crippen molar-refractivity contribution in [1.29, 1.82) is 0 Å². The number of primary amides is 1. The third-order valence-electron chi connectivity index (χ3n) is 6.75. The van der Waals surface area contributed by atoms with Crippen LogP contribution in [0.25, 0.3) is 0 Å². The van der Waals surface area contributed by atoms with Crippen LogP contribution in [0.1, 0.15) is 77.9 Å². The number of anilines is 1. The van der Waals surface area contributed by atoms with Gasteiger partial charge in [0.15, 0.2) is 0 Å². The van der Waals surface area contributed by atoms with Gasteiger partial charge in [0.25, 0.3) is 5.91 Å². The number of nitrogens with two attached hydrogens (primary N) is 1. The van der Waals surface area contributed by atoms with Gasteiger partial charge in [-0.1, -0.05) is 38.1 Å². The van der Waals surface area contributed by atoms with Crippen LogP contribution in [0.2, 0.25) is 0 Å². The lowest BCUT2D eigenvalue weighted by atomic mass is 9.70. The van der Waals surface area contributed by atoms with Gasteiger partial charge in [0.05, 0.1) is 23.5 Å². The van der Waals surface area contributed by atoms with E-state index >= 15 is 0 Å². The second-order valence-electron chi connectivity index (χ2n) is 9.66. The molecule has 0 radical (unpaired) electrons. The molecule has 176 valence electrons. The van der Waals surface area contributed by atoms with E-state index in [4.69, 9.17) is 10.5 Å². The first-order chi connectivity index (χ1) is 15.7. The molecule has 1 aliphatic carbocycles. The fraction of sp³-hybridized carbons (Fsp3) is 0.480. The van der Waals surface area contributed by atoms with Crippen LogP contribution in [-0.4, -0.2) is 41.3 Å². The Bertz CT molecular complexity index is 1060. The number of aromatic nitrogens is 1. The van der Waals surface area contributed by atoms with Gasteiger partial charge in [0, 0.05) is 19.1 Å². The number of urea groups is 1. The van der Waals surface area contributed by atoms with Crippen molar-refractivity contribution in [2.45, 2.75) is 63.5 Å². The number of aliphatic hydroxyl groups excluding tert-OH is 1. The van der Waals surface area contributed by atoms with Crippen molar-refractivity contribution in [1.82, 2.24) is 10.3 Å². The van der Waals surface area contributed by atoms with Crippen molar-refractivity contribution in [2.24, 2.45) is 5.73 Å². The van der Waals surface area contributed by atoms with Gasteiger partial charge in [-0.3, -0.25) is 4.79 Å². The smallest absolute Gasteiger partial charge is 0.319 e. The van der Waals surface area contributed by atoms with Crippen LogP contribution in [0.4, 0.5) is 10.5 Å². The third-order valence-corrected chi connectivity index (χ3v) is 6.75. The molecular formula is C25H32N4O4. The molecule has 8 nitrogen and oxygen atoms in total. The lowest BCUT2D eigenvalue weighted by Crippen LogP contribution is -2.45. The molecule has 2 atom stereocenters. The minimum absolute atomic E-state index is 0.0505. The maximum atomic E-state index is 13.1. The van der Waals surface area contributed by atoms with E-state index < -0.39 is 24.1 Å². The zero-order valence-corrected chi connectivity index (χ0v) is 19.4. The molecule has 1 aliphatic heterocycles. The SMILES string of the molecule is Cc1cc(NC(=O)NC2c3ccccc3C(C)(C)C[C@H]2O)c(C2CCOCC2)nc1C(N)=O. The van der Waals surface area contributed by atoms with Gasteiger partial charge in [-0.25, -0.2) is 9.78 Å². The van der Waals surface area contributed by atoms with E-state index in [1.54, 1.807) is 13.0 Å². The number of carbonyl (C=O) groups is 2. The number of hydrogen-bond acceptors (Lipinski definition) is 5. The molecule has 8 heteroatoms. The first kappa shape index (κ1) is 23.2. The lowest BCUT2D eigenvalue weighted by Gasteiger charge is -2.40. The summed E-state index contributed by atoms with van der Waals surface area (Å²) < 4.78 is 5.46. The summed E-state index contributed by atoms with van der Waals surface area (Å²) >= 11 is 0. The quantitative estimate of drug-likeness (QED) is 0.566. The normalized spacial score (nSPS) is 22.3.